The van der Waals surface area contributed by atoms with Gasteiger partial charge < -0.3 is 19.7 Å². The minimum Gasteiger partial charge on any atom is -0.479 e. The molecule has 0 aliphatic carbocycles. The zero-order valence-corrected chi connectivity index (χ0v) is 21.4. The van der Waals surface area contributed by atoms with Crippen LogP contribution >= 0.6 is 0 Å². The average molecular weight is 487 g/mol. The normalized spacial score (nSPS) is 13.6. The highest BCUT2D eigenvalue weighted by Crippen LogP contribution is 2.26. The van der Waals surface area contributed by atoms with E-state index in [0.717, 1.165) is 58.3 Å². The van der Waals surface area contributed by atoms with E-state index in [2.05, 4.69) is 13.8 Å². The minimum absolute atomic E-state index is 0.0212. The van der Waals surface area contributed by atoms with Gasteiger partial charge in [0.2, 0.25) is 0 Å². The van der Waals surface area contributed by atoms with E-state index in [1.54, 1.807) is 0 Å². The number of rotatable bonds is 22. The molecule has 0 aliphatic heterocycles. The van der Waals surface area contributed by atoms with Gasteiger partial charge in [0.15, 0.2) is 11.5 Å². The van der Waals surface area contributed by atoms with Crippen molar-refractivity contribution in [2.24, 2.45) is 5.92 Å². The van der Waals surface area contributed by atoms with Crippen LogP contribution in [0, 0.1) is 5.92 Å². The van der Waals surface area contributed by atoms with Gasteiger partial charge in [-0.25, -0.2) is 4.79 Å². The lowest BCUT2D eigenvalue weighted by Crippen LogP contribution is -2.54. The van der Waals surface area contributed by atoms with Crippen molar-refractivity contribution >= 4 is 23.7 Å². The Hall–Kier alpha value is -1.96. The quantitative estimate of drug-likeness (QED) is 0.124. The summed E-state index contributed by atoms with van der Waals surface area (Å²) in [4.78, 5) is 48.5. The third-order valence-electron chi connectivity index (χ3n) is 5.91. The van der Waals surface area contributed by atoms with Crippen LogP contribution in [-0.2, 0) is 28.7 Å². The zero-order chi connectivity index (χ0) is 25.8. The third-order valence-corrected chi connectivity index (χ3v) is 5.91. The monoisotopic (exact) mass is 486 g/mol. The number of hydrogen-bond donors (Lipinski definition) is 2. The molecule has 0 aliphatic rings. The van der Waals surface area contributed by atoms with Crippen LogP contribution in [0.5, 0.6) is 0 Å². The van der Waals surface area contributed by atoms with Gasteiger partial charge in [-0.05, 0) is 19.8 Å². The fourth-order valence-corrected chi connectivity index (χ4v) is 3.83. The summed E-state index contributed by atoms with van der Waals surface area (Å²) in [6.07, 6.45) is 13.2. The van der Waals surface area contributed by atoms with E-state index < -0.39 is 41.6 Å². The molecule has 0 heterocycles. The van der Waals surface area contributed by atoms with Crippen LogP contribution in [-0.4, -0.2) is 52.7 Å². The van der Waals surface area contributed by atoms with Crippen LogP contribution in [0.4, 0.5) is 0 Å². The molecule has 0 saturated heterocycles. The summed E-state index contributed by atoms with van der Waals surface area (Å²) in [7, 11) is 0. The Morgan fingerprint density at radius 1 is 0.706 bits per heavy atom. The van der Waals surface area contributed by atoms with E-state index in [9.17, 15) is 29.4 Å². The molecule has 0 rings (SSSR count). The molecule has 0 bridgehead atoms. The second-order valence-corrected chi connectivity index (χ2v) is 9.08. The molecule has 2 atom stereocenters. The molecule has 0 aromatic rings. The molecule has 0 fully saturated rings. The zero-order valence-electron chi connectivity index (χ0n) is 21.4. The second kappa shape index (κ2) is 19.4. The first-order valence-corrected chi connectivity index (χ1v) is 13.0. The molecule has 0 amide bonds. The first kappa shape index (κ1) is 32.0. The van der Waals surface area contributed by atoms with Crippen LogP contribution in [0.2, 0.25) is 0 Å². The molecular formula is C26H46O8. The van der Waals surface area contributed by atoms with Gasteiger partial charge in [-0.15, -0.1) is 0 Å². The summed E-state index contributed by atoms with van der Waals surface area (Å²) in [5.74, 6) is -6.83. The predicted octanol–water partition coefficient (Wildman–Crippen LogP) is 4.99. The number of hydrogen-bond acceptors (Lipinski definition) is 7. The van der Waals surface area contributed by atoms with E-state index in [0.29, 0.717) is 12.8 Å². The molecule has 2 N–H and O–H groups in total. The number of aliphatic hydroxyl groups is 1. The SMILES string of the molecule is CCCCCCCCCCOC(=O)CC(O)(C(=O)O)C(C(C)=O)C(=O)OCCCCCCCC. The highest BCUT2D eigenvalue weighted by Gasteiger charge is 2.53. The average Bonchev–Trinajstić information content (AvgIpc) is 2.77. The van der Waals surface area contributed by atoms with Crippen molar-refractivity contribution in [3.05, 3.63) is 0 Å². The second-order valence-electron chi connectivity index (χ2n) is 9.08. The number of carboxylic acid groups (broad SMARTS) is 1. The molecule has 198 valence electrons. The number of esters is 2. The van der Waals surface area contributed by atoms with Crippen LogP contribution in [0.25, 0.3) is 0 Å². The number of carboxylic acids is 1. The molecule has 0 saturated carbocycles. The number of unbranched alkanes of at least 4 members (excludes halogenated alkanes) is 12. The van der Waals surface area contributed by atoms with Crippen LogP contribution < -0.4 is 0 Å². The van der Waals surface area contributed by atoms with Gasteiger partial charge in [-0.3, -0.25) is 14.4 Å². The van der Waals surface area contributed by atoms with E-state index in [-0.39, 0.29) is 13.2 Å². The Bertz CT molecular complexity index is 604. The van der Waals surface area contributed by atoms with Crippen molar-refractivity contribution in [1.29, 1.82) is 0 Å². The standard InChI is InChI=1S/C26H46O8/c1-4-6-8-10-12-13-15-16-18-33-22(28)20-26(32,25(30)31)23(21(3)27)24(29)34-19-17-14-11-9-7-5-2/h23,32H,4-20H2,1-3H3,(H,30,31). The maximum atomic E-state index is 12.5. The lowest BCUT2D eigenvalue weighted by Gasteiger charge is -2.28. The largest absolute Gasteiger partial charge is 0.479 e. The smallest absolute Gasteiger partial charge is 0.337 e. The number of Topliss-reactive ketones (excluding diaryl/α,β-unsaturated/α-hetero) is 1. The Kier molecular flexibility index (Phi) is 18.2. The van der Waals surface area contributed by atoms with Crippen molar-refractivity contribution < 1.29 is 38.9 Å². The van der Waals surface area contributed by atoms with Crippen molar-refractivity contribution in [2.45, 2.75) is 123 Å². The number of aliphatic carboxylic acids is 1. The molecule has 34 heavy (non-hydrogen) atoms. The van der Waals surface area contributed by atoms with Gasteiger partial charge >= 0.3 is 17.9 Å². The maximum Gasteiger partial charge on any atom is 0.337 e. The summed E-state index contributed by atoms with van der Waals surface area (Å²) >= 11 is 0. The lowest BCUT2D eigenvalue weighted by atomic mass is 9.82. The van der Waals surface area contributed by atoms with Crippen molar-refractivity contribution in [2.75, 3.05) is 13.2 Å². The molecule has 8 heteroatoms. The van der Waals surface area contributed by atoms with Gasteiger partial charge in [-0.1, -0.05) is 90.9 Å². The fraction of sp³-hybridized carbons (Fsp3) is 0.846. The highest BCUT2D eigenvalue weighted by molar-refractivity contribution is 6.05. The van der Waals surface area contributed by atoms with E-state index >= 15 is 0 Å². The third kappa shape index (κ3) is 13.7. The minimum atomic E-state index is -2.92. The van der Waals surface area contributed by atoms with Gasteiger partial charge in [0.05, 0.1) is 19.6 Å². The number of carbonyl (C=O) groups is 4. The summed E-state index contributed by atoms with van der Waals surface area (Å²) in [5.41, 5.74) is -2.92. The van der Waals surface area contributed by atoms with Gasteiger partial charge in [0.1, 0.15) is 5.78 Å². The Morgan fingerprint density at radius 3 is 1.53 bits per heavy atom. The number of carbonyl (C=O) groups excluding carboxylic acids is 3. The Labute approximate surface area is 204 Å². The maximum absolute atomic E-state index is 12.5. The number of ketones is 1. The molecule has 0 aromatic carbocycles. The van der Waals surface area contributed by atoms with Gasteiger partial charge in [-0.2, -0.15) is 0 Å². The van der Waals surface area contributed by atoms with Crippen LogP contribution in [0.15, 0.2) is 0 Å². The van der Waals surface area contributed by atoms with E-state index in [1.165, 1.54) is 25.7 Å². The molecule has 0 aromatic heterocycles. The first-order valence-electron chi connectivity index (χ1n) is 13.0. The van der Waals surface area contributed by atoms with Gasteiger partial charge in [0.25, 0.3) is 0 Å². The predicted molar refractivity (Wildman–Crippen MR) is 129 cm³/mol. The van der Waals surface area contributed by atoms with Crippen molar-refractivity contribution in [3.8, 4) is 0 Å². The van der Waals surface area contributed by atoms with Crippen LogP contribution in [0.3, 0.4) is 0 Å². The van der Waals surface area contributed by atoms with Crippen molar-refractivity contribution in [1.82, 2.24) is 0 Å². The molecule has 0 radical (unpaired) electrons. The topological polar surface area (TPSA) is 127 Å². The first-order chi connectivity index (χ1) is 16.2. The lowest BCUT2D eigenvalue weighted by molar-refractivity contribution is -0.183. The molecule has 8 nitrogen and oxygen atoms in total. The summed E-state index contributed by atoms with van der Waals surface area (Å²) in [5, 5.41) is 20.2. The molecular weight excluding hydrogens is 440 g/mol. The summed E-state index contributed by atoms with van der Waals surface area (Å²) in [6.45, 7) is 5.39. The van der Waals surface area contributed by atoms with E-state index in [1.807, 2.05) is 0 Å². The Balaban J connectivity index is 4.61. The summed E-state index contributed by atoms with van der Waals surface area (Å²) in [6, 6.07) is 0. The fourth-order valence-electron chi connectivity index (χ4n) is 3.83. The summed E-state index contributed by atoms with van der Waals surface area (Å²) < 4.78 is 10.1. The molecule has 2 unspecified atom stereocenters. The Morgan fingerprint density at radius 2 is 1.12 bits per heavy atom. The van der Waals surface area contributed by atoms with E-state index in [4.69, 9.17) is 9.47 Å². The molecule has 0 spiro atoms. The van der Waals surface area contributed by atoms with Crippen molar-refractivity contribution in [3.63, 3.8) is 0 Å². The van der Waals surface area contributed by atoms with Gasteiger partial charge in [0, 0.05) is 0 Å². The number of ether oxygens (including phenoxy) is 2. The highest BCUT2D eigenvalue weighted by atomic mass is 16.5. The van der Waals surface area contributed by atoms with Crippen LogP contribution in [0.1, 0.15) is 117 Å².